The molecular weight excluding hydrogens is 130 g/mol. The maximum atomic E-state index is 8.64. The molecule has 0 aromatic rings. The zero-order valence-electron chi connectivity index (χ0n) is 4.30. The van der Waals surface area contributed by atoms with Gasteiger partial charge in [-0.1, -0.05) is 0 Å². The standard InChI is InChI=1S/BHO3.Na.3H2O/c2-1-4-3;;;;/h3H;;3*1H2/q;+1;;;/p-1. The van der Waals surface area contributed by atoms with Crippen molar-refractivity contribution in [1.82, 2.24) is 0 Å². The average molecular weight is 136 g/mol. The van der Waals surface area contributed by atoms with Crippen LogP contribution in [0.2, 0.25) is 0 Å². The summed E-state index contributed by atoms with van der Waals surface area (Å²) in [6.07, 6.45) is 0. The monoisotopic (exact) mass is 136 g/mol. The Morgan fingerprint density at radius 1 is 1.25 bits per heavy atom. The second-order valence-electron chi connectivity index (χ2n) is 0.192. The first kappa shape index (κ1) is 39.0. The maximum Gasteiger partial charge on any atom is 1.00 e. The molecule has 0 aromatic carbocycles. The van der Waals surface area contributed by atoms with Gasteiger partial charge in [-0.2, -0.15) is 0 Å². The van der Waals surface area contributed by atoms with Crippen molar-refractivity contribution in [2.45, 2.75) is 0 Å². The van der Waals surface area contributed by atoms with Crippen LogP contribution < -0.4 is 34.8 Å². The molecule has 46 valence electrons. The molecule has 6 N–H and O–H groups in total. The Bertz CT molecular complexity index is 22.5. The van der Waals surface area contributed by atoms with Crippen molar-refractivity contribution in [1.29, 1.82) is 0 Å². The Morgan fingerprint density at radius 2 is 1.38 bits per heavy atom. The predicted octanol–water partition coefficient (Wildman–Crippen LogP) is -7.23. The van der Waals surface area contributed by atoms with E-state index >= 15 is 0 Å². The quantitative estimate of drug-likeness (QED) is 0.200. The molecule has 0 atom stereocenters. The van der Waals surface area contributed by atoms with E-state index in [0.29, 0.717) is 0 Å². The zero-order valence-corrected chi connectivity index (χ0v) is 6.30. The fraction of sp³-hybridized carbons (Fsp3) is 0. The third-order valence-corrected chi connectivity index (χ3v) is 0.0393. The van der Waals surface area contributed by atoms with Gasteiger partial charge in [0.1, 0.15) is 0 Å². The summed E-state index contributed by atoms with van der Waals surface area (Å²) in [6.45, 7) is 0. The largest absolute Gasteiger partial charge is 1.00 e. The van der Waals surface area contributed by atoms with Gasteiger partial charge in [0.05, 0.1) is 0 Å². The normalized spacial score (nSPS) is 2.12. The van der Waals surface area contributed by atoms with E-state index in [-0.39, 0.29) is 53.3 Å². The van der Waals surface area contributed by atoms with E-state index in [1.54, 1.807) is 0 Å². The smallest absolute Gasteiger partial charge is 1.00 e. The molecule has 6 nitrogen and oxygen atoms in total. The first-order valence-electron chi connectivity index (χ1n) is 0.638. The summed E-state index contributed by atoms with van der Waals surface area (Å²) >= 11 is 0. The van der Waals surface area contributed by atoms with Crippen molar-refractivity contribution >= 4 is 7.35 Å². The molecule has 0 bridgehead atoms. The van der Waals surface area contributed by atoms with Gasteiger partial charge in [-0.05, 0) is 0 Å². The third-order valence-electron chi connectivity index (χ3n) is 0.0393. The second kappa shape index (κ2) is 50.6. The first-order chi connectivity index (χ1) is 1.91. The molecule has 0 aliphatic rings. The van der Waals surface area contributed by atoms with Gasteiger partial charge >= 0.3 is 51.7 Å². The molecule has 0 saturated heterocycles. The molecule has 8 heavy (non-hydrogen) atoms. The molecule has 0 aromatic heterocycles. The summed E-state index contributed by atoms with van der Waals surface area (Å²) in [4.78, 5) is 2.61. The molecular formula is H6BNaO6. The number of hydrogen-bond donors (Lipinski definition) is 0. The van der Waals surface area contributed by atoms with Crippen molar-refractivity contribution in [2.75, 3.05) is 0 Å². The fourth-order valence-corrected chi connectivity index (χ4v) is 0. The topological polar surface area (TPSA) is 144 Å². The average Bonchev–Trinajstić information content (AvgIpc) is 1.37. The molecule has 0 saturated carbocycles. The molecule has 0 aliphatic carbocycles. The van der Waals surface area contributed by atoms with Crippen LogP contribution in [0.5, 0.6) is 0 Å². The minimum Gasteiger partial charge on any atom is 1.00 e. The van der Waals surface area contributed by atoms with E-state index in [1.807, 2.05) is 0 Å². The van der Waals surface area contributed by atoms with Gasteiger partial charge < -0.3 is 16.4 Å². The minimum absolute atomic E-state index is 0. The fourth-order valence-electron chi connectivity index (χ4n) is 0. The molecule has 0 radical (unpaired) electrons. The van der Waals surface area contributed by atoms with E-state index in [0.717, 1.165) is 0 Å². The molecule has 0 heterocycles. The van der Waals surface area contributed by atoms with E-state index in [1.165, 1.54) is 0 Å². The van der Waals surface area contributed by atoms with Gasteiger partial charge in [-0.15, -0.1) is 0 Å². The molecule has 0 amide bonds. The van der Waals surface area contributed by atoms with E-state index < -0.39 is 0 Å². The summed E-state index contributed by atoms with van der Waals surface area (Å²) in [6, 6.07) is 0. The SMILES string of the molecule is O.O.O.O=BO[O-].[Na+]. The van der Waals surface area contributed by atoms with Gasteiger partial charge in [0.25, 0.3) is 0 Å². The van der Waals surface area contributed by atoms with Crippen LogP contribution in [0.25, 0.3) is 0 Å². The van der Waals surface area contributed by atoms with Crippen molar-refractivity contribution in [3.8, 4) is 0 Å². The van der Waals surface area contributed by atoms with E-state index in [4.69, 9.17) is 9.96 Å². The van der Waals surface area contributed by atoms with Crippen LogP contribution >= 0.6 is 0 Å². The Labute approximate surface area is 68.3 Å². The Kier molecular flexibility index (Phi) is 247. The summed E-state index contributed by atoms with van der Waals surface area (Å²) in [5.74, 6) is 0. The first-order valence-corrected chi connectivity index (χ1v) is 0.638. The summed E-state index contributed by atoms with van der Waals surface area (Å²) < 4.78 is 8.64. The summed E-state index contributed by atoms with van der Waals surface area (Å²) in [5.41, 5.74) is 0. The molecule has 8 heteroatoms. The van der Waals surface area contributed by atoms with Crippen LogP contribution in [0.1, 0.15) is 0 Å². The number of rotatable bonds is 1. The van der Waals surface area contributed by atoms with Crippen molar-refractivity contribution < 1.29 is 60.8 Å². The van der Waals surface area contributed by atoms with Crippen LogP contribution in [0.4, 0.5) is 0 Å². The van der Waals surface area contributed by atoms with Gasteiger partial charge in [-0.3, -0.25) is 0 Å². The van der Waals surface area contributed by atoms with Gasteiger partial charge in [0.2, 0.25) is 0 Å². The Hall–Kier alpha value is 0.505. The summed E-state index contributed by atoms with van der Waals surface area (Å²) in [5, 5.41) is 8.43. The summed E-state index contributed by atoms with van der Waals surface area (Å²) in [7, 11) is -0.181. The molecule has 0 fully saturated rings. The van der Waals surface area contributed by atoms with E-state index in [9.17, 15) is 0 Å². The third kappa shape index (κ3) is 87.0. The van der Waals surface area contributed by atoms with Crippen molar-refractivity contribution in [3.05, 3.63) is 0 Å². The van der Waals surface area contributed by atoms with Crippen LogP contribution in [0, 0.1) is 0 Å². The van der Waals surface area contributed by atoms with Crippen LogP contribution in [-0.4, -0.2) is 23.8 Å². The maximum absolute atomic E-state index is 8.64. The molecule has 0 spiro atoms. The molecule has 0 rings (SSSR count). The second-order valence-corrected chi connectivity index (χ2v) is 0.192. The molecule has 0 unspecified atom stereocenters. The van der Waals surface area contributed by atoms with Crippen LogP contribution in [0.15, 0.2) is 0 Å². The zero-order chi connectivity index (χ0) is 3.41. The van der Waals surface area contributed by atoms with Crippen LogP contribution in [-0.2, 0) is 9.51 Å². The van der Waals surface area contributed by atoms with Gasteiger partial charge in [0.15, 0.2) is 0 Å². The van der Waals surface area contributed by atoms with Gasteiger partial charge in [-0.25, -0.2) is 0 Å². The minimum atomic E-state index is -0.181. The predicted molar refractivity (Wildman–Crippen MR) is 18.4 cm³/mol. The molecule has 0 aliphatic heterocycles. The Morgan fingerprint density at radius 3 is 1.38 bits per heavy atom. The van der Waals surface area contributed by atoms with Crippen molar-refractivity contribution in [3.63, 3.8) is 0 Å². The Balaban J connectivity index is -0.00000000750. The number of hydrogen-bond acceptors (Lipinski definition) is 3. The van der Waals surface area contributed by atoms with E-state index in [2.05, 4.69) is 4.81 Å². The van der Waals surface area contributed by atoms with Crippen molar-refractivity contribution in [2.24, 2.45) is 0 Å². The van der Waals surface area contributed by atoms with Gasteiger partial charge in [0, 0.05) is 0 Å². The van der Waals surface area contributed by atoms with Crippen LogP contribution in [0.3, 0.4) is 0 Å².